The summed E-state index contributed by atoms with van der Waals surface area (Å²) in [4.78, 5) is 29.3. The lowest BCUT2D eigenvalue weighted by Gasteiger charge is -2.12. The van der Waals surface area contributed by atoms with Crippen molar-refractivity contribution in [2.45, 2.75) is 6.42 Å². The first-order valence-electron chi connectivity index (χ1n) is 9.68. The number of pyridine rings is 1. The van der Waals surface area contributed by atoms with Gasteiger partial charge in [0, 0.05) is 23.9 Å². The number of hydrogen-bond donors (Lipinski definition) is 2. The number of ether oxygens (including phenoxy) is 2. The quantitative estimate of drug-likeness (QED) is 0.550. The van der Waals surface area contributed by atoms with Crippen LogP contribution in [-0.4, -0.2) is 44.1 Å². The lowest BCUT2D eigenvalue weighted by atomic mass is 10.0. The second-order valence-electron chi connectivity index (χ2n) is 6.63. The van der Waals surface area contributed by atoms with Gasteiger partial charge in [0.25, 0.3) is 5.91 Å². The van der Waals surface area contributed by atoms with Crippen LogP contribution in [0.25, 0.3) is 22.2 Å². The number of hydrogen-bond acceptors (Lipinski definition) is 5. The number of rotatable bonds is 8. The van der Waals surface area contributed by atoms with E-state index in [1.54, 1.807) is 26.4 Å². The first-order chi connectivity index (χ1) is 15.1. The van der Waals surface area contributed by atoms with Crippen LogP contribution in [0.1, 0.15) is 16.8 Å². The fourth-order valence-corrected chi connectivity index (χ4v) is 3.13. The van der Waals surface area contributed by atoms with Gasteiger partial charge in [0.15, 0.2) is 11.5 Å². The molecule has 2 amide bonds. The first-order valence-corrected chi connectivity index (χ1v) is 9.68. The zero-order chi connectivity index (χ0) is 22.2. The van der Waals surface area contributed by atoms with Crippen molar-refractivity contribution in [1.29, 1.82) is 0 Å². The molecule has 3 rings (SSSR count). The monoisotopic (exact) mass is 417 g/mol. The van der Waals surface area contributed by atoms with Crippen molar-refractivity contribution in [2.24, 2.45) is 0 Å². The molecule has 0 bridgehead atoms. The zero-order valence-electron chi connectivity index (χ0n) is 17.4. The number of nitrogens with zero attached hydrogens (tertiary/aromatic N) is 1. The highest BCUT2D eigenvalue weighted by Gasteiger charge is 2.15. The first kappa shape index (κ1) is 21.7. The summed E-state index contributed by atoms with van der Waals surface area (Å²) in [6.07, 6.45) is 5.26. The number of nitrogens with one attached hydrogen (secondary N) is 2. The number of aromatic nitrogens is 1. The molecule has 31 heavy (non-hydrogen) atoms. The molecule has 3 aromatic rings. The Bertz CT molecular complexity index is 1150. The summed E-state index contributed by atoms with van der Waals surface area (Å²) in [5.41, 5.74) is 2.56. The van der Waals surface area contributed by atoms with Crippen LogP contribution in [0.2, 0.25) is 0 Å². The third-order valence-corrected chi connectivity index (χ3v) is 4.67. The molecule has 0 radical (unpaired) electrons. The van der Waals surface area contributed by atoms with E-state index in [4.69, 9.17) is 20.9 Å². The normalized spacial score (nSPS) is 10.2. The number of fused-ring (bicyclic) bond motifs is 1. The molecule has 0 unspecified atom stereocenters. The summed E-state index contributed by atoms with van der Waals surface area (Å²) in [5.74, 6) is 3.01. The minimum absolute atomic E-state index is 0.138. The summed E-state index contributed by atoms with van der Waals surface area (Å²) in [6.45, 7) is 0.355. The highest BCUT2D eigenvalue weighted by Crippen LogP contribution is 2.33. The van der Waals surface area contributed by atoms with E-state index in [1.807, 2.05) is 36.4 Å². The molecular formula is C24H23N3O4. The van der Waals surface area contributed by atoms with Crippen molar-refractivity contribution in [1.82, 2.24) is 15.6 Å². The number of carbonyl (C=O) groups excluding carboxylic acids is 2. The van der Waals surface area contributed by atoms with Crippen molar-refractivity contribution >= 4 is 22.7 Å². The predicted octanol–water partition coefficient (Wildman–Crippen LogP) is 2.79. The number of amides is 2. The smallest absolute Gasteiger partial charge is 0.252 e. The molecule has 0 atom stereocenters. The summed E-state index contributed by atoms with van der Waals surface area (Å²) in [5, 5.41) is 6.08. The number of carbonyl (C=O) groups is 2. The molecule has 2 N–H and O–H groups in total. The summed E-state index contributed by atoms with van der Waals surface area (Å²) in [7, 11) is 3.13. The van der Waals surface area contributed by atoms with Crippen LogP contribution in [0, 0.1) is 12.3 Å². The molecule has 0 saturated carbocycles. The van der Waals surface area contributed by atoms with Gasteiger partial charge in [0.1, 0.15) is 0 Å². The fraction of sp³-hybridized carbons (Fsp3) is 0.208. The van der Waals surface area contributed by atoms with E-state index in [9.17, 15) is 9.59 Å². The second kappa shape index (κ2) is 10.1. The third kappa shape index (κ3) is 5.11. The Balaban J connectivity index is 1.90. The molecule has 0 fully saturated rings. The van der Waals surface area contributed by atoms with E-state index in [-0.39, 0.29) is 31.3 Å². The van der Waals surface area contributed by atoms with Crippen LogP contribution in [0.5, 0.6) is 11.5 Å². The molecule has 0 spiro atoms. The Morgan fingerprint density at radius 2 is 1.81 bits per heavy atom. The van der Waals surface area contributed by atoms with Crippen LogP contribution >= 0.6 is 0 Å². The Morgan fingerprint density at radius 3 is 2.55 bits per heavy atom. The number of para-hydroxylation sites is 1. The van der Waals surface area contributed by atoms with Gasteiger partial charge in [-0.05, 0) is 30.3 Å². The molecule has 0 saturated heterocycles. The number of methoxy groups -OCH3 is 2. The van der Waals surface area contributed by atoms with Gasteiger partial charge in [0.05, 0.1) is 37.5 Å². The van der Waals surface area contributed by atoms with Gasteiger partial charge in [-0.25, -0.2) is 4.98 Å². The molecule has 7 heteroatoms. The van der Waals surface area contributed by atoms with Crippen LogP contribution in [0.4, 0.5) is 0 Å². The minimum Gasteiger partial charge on any atom is -0.493 e. The number of terminal acetylenes is 1. The number of benzene rings is 2. The van der Waals surface area contributed by atoms with Crippen LogP contribution in [-0.2, 0) is 4.79 Å². The Kier molecular flexibility index (Phi) is 7.07. The van der Waals surface area contributed by atoms with Gasteiger partial charge < -0.3 is 20.1 Å². The standard InChI is InChI=1S/C24H23N3O4/c1-4-12-25-23(28)11-13-26-24(29)18-15-20(27-19-8-6-5-7-17(18)19)16-9-10-21(30-2)22(14-16)31-3/h1,5-10,14-15H,11-13H2,2-3H3,(H,25,28)(H,26,29). The van der Waals surface area contributed by atoms with Gasteiger partial charge in [-0.2, -0.15) is 0 Å². The van der Waals surface area contributed by atoms with Gasteiger partial charge in [-0.15, -0.1) is 6.42 Å². The summed E-state index contributed by atoms with van der Waals surface area (Å²) < 4.78 is 10.7. The second-order valence-corrected chi connectivity index (χ2v) is 6.63. The minimum atomic E-state index is -0.287. The Labute approximate surface area is 180 Å². The maximum Gasteiger partial charge on any atom is 0.252 e. The fourth-order valence-electron chi connectivity index (χ4n) is 3.13. The van der Waals surface area contributed by atoms with Crippen molar-refractivity contribution < 1.29 is 19.1 Å². The highest BCUT2D eigenvalue weighted by molar-refractivity contribution is 6.07. The van der Waals surface area contributed by atoms with Crippen LogP contribution < -0.4 is 20.1 Å². The van der Waals surface area contributed by atoms with Crippen LogP contribution in [0.3, 0.4) is 0 Å². The van der Waals surface area contributed by atoms with Crippen molar-refractivity contribution in [3.8, 4) is 35.1 Å². The van der Waals surface area contributed by atoms with E-state index < -0.39 is 0 Å². The van der Waals surface area contributed by atoms with Gasteiger partial charge in [-0.3, -0.25) is 9.59 Å². The van der Waals surface area contributed by atoms with Crippen molar-refractivity contribution in [2.75, 3.05) is 27.3 Å². The Hall–Kier alpha value is -4.05. The van der Waals surface area contributed by atoms with E-state index >= 15 is 0 Å². The molecule has 1 heterocycles. The largest absolute Gasteiger partial charge is 0.493 e. The van der Waals surface area contributed by atoms with Crippen LogP contribution in [0.15, 0.2) is 48.5 Å². The van der Waals surface area contributed by atoms with Gasteiger partial charge >= 0.3 is 0 Å². The Morgan fingerprint density at radius 1 is 1.03 bits per heavy atom. The molecule has 0 aliphatic carbocycles. The lowest BCUT2D eigenvalue weighted by Crippen LogP contribution is -2.31. The molecule has 2 aromatic carbocycles. The topological polar surface area (TPSA) is 89.6 Å². The molecule has 158 valence electrons. The average molecular weight is 417 g/mol. The maximum absolute atomic E-state index is 12.9. The zero-order valence-corrected chi connectivity index (χ0v) is 17.4. The van der Waals surface area contributed by atoms with E-state index in [0.29, 0.717) is 28.3 Å². The molecule has 1 aromatic heterocycles. The molecule has 0 aliphatic rings. The highest BCUT2D eigenvalue weighted by atomic mass is 16.5. The van der Waals surface area contributed by atoms with E-state index in [0.717, 1.165) is 10.9 Å². The summed E-state index contributed by atoms with van der Waals surface area (Å²) >= 11 is 0. The summed E-state index contributed by atoms with van der Waals surface area (Å²) in [6, 6.07) is 14.6. The molecule has 0 aliphatic heterocycles. The average Bonchev–Trinajstić information content (AvgIpc) is 2.81. The van der Waals surface area contributed by atoms with Gasteiger partial charge in [-0.1, -0.05) is 24.1 Å². The van der Waals surface area contributed by atoms with Crippen molar-refractivity contribution in [3.05, 3.63) is 54.1 Å². The van der Waals surface area contributed by atoms with E-state index in [2.05, 4.69) is 16.6 Å². The maximum atomic E-state index is 12.9. The van der Waals surface area contributed by atoms with E-state index in [1.165, 1.54) is 0 Å². The SMILES string of the molecule is C#CCNC(=O)CCNC(=O)c1cc(-c2ccc(OC)c(OC)c2)nc2ccccc12. The van der Waals surface area contributed by atoms with Crippen molar-refractivity contribution in [3.63, 3.8) is 0 Å². The molecule has 7 nitrogen and oxygen atoms in total. The van der Waals surface area contributed by atoms with Gasteiger partial charge in [0.2, 0.25) is 5.91 Å². The third-order valence-electron chi connectivity index (χ3n) is 4.67. The molecular weight excluding hydrogens is 394 g/mol. The predicted molar refractivity (Wildman–Crippen MR) is 119 cm³/mol. The lowest BCUT2D eigenvalue weighted by molar-refractivity contribution is -0.120.